The number of piperidine rings is 1. The van der Waals surface area contributed by atoms with Gasteiger partial charge in [-0.15, -0.1) is 0 Å². The molecule has 5 rings (SSSR count). The van der Waals surface area contributed by atoms with Crippen molar-refractivity contribution in [2.24, 2.45) is 5.92 Å². The summed E-state index contributed by atoms with van der Waals surface area (Å²) in [4.78, 5) is 24.6. The summed E-state index contributed by atoms with van der Waals surface area (Å²) in [6, 6.07) is 12.4. The first-order valence-electron chi connectivity index (χ1n) is 12.2. The lowest BCUT2D eigenvalue weighted by Crippen LogP contribution is -2.44. The summed E-state index contributed by atoms with van der Waals surface area (Å²) in [5.41, 5.74) is 2.61. The molecule has 1 aliphatic heterocycles. The van der Waals surface area contributed by atoms with Gasteiger partial charge in [0.15, 0.2) is 5.13 Å². The maximum absolute atomic E-state index is 13.9. The van der Waals surface area contributed by atoms with Crippen molar-refractivity contribution < 1.29 is 22.3 Å². The number of fused-ring (bicyclic) bond motifs is 1. The number of thiazole rings is 1. The van der Waals surface area contributed by atoms with E-state index in [0.717, 1.165) is 28.0 Å². The number of nitrogens with zero attached hydrogens (tertiary/aromatic N) is 4. The maximum atomic E-state index is 13.9. The van der Waals surface area contributed by atoms with Crippen LogP contribution in [-0.4, -0.2) is 48.8 Å². The van der Waals surface area contributed by atoms with Crippen LogP contribution in [0.3, 0.4) is 0 Å². The van der Waals surface area contributed by atoms with E-state index < -0.39 is 15.8 Å². The fraction of sp³-hybridized carbons (Fsp3) is 0.296. The van der Waals surface area contributed by atoms with Gasteiger partial charge in [-0.05, 0) is 67.3 Å². The molecule has 0 unspecified atom stereocenters. The highest BCUT2D eigenvalue weighted by Crippen LogP contribution is 2.38. The van der Waals surface area contributed by atoms with Gasteiger partial charge in [-0.2, -0.15) is 4.31 Å². The number of rotatable bonds is 7. The molecule has 198 valence electrons. The Labute approximate surface area is 224 Å². The molecule has 38 heavy (non-hydrogen) atoms. The summed E-state index contributed by atoms with van der Waals surface area (Å²) in [6.45, 7) is 2.68. The van der Waals surface area contributed by atoms with Crippen molar-refractivity contribution >= 4 is 42.6 Å². The van der Waals surface area contributed by atoms with Crippen LogP contribution in [0.25, 0.3) is 10.2 Å². The Balaban J connectivity index is 1.40. The summed E-state index contributed by atoms with van der Waals surface area (Å²) in [7, 11) is -2.18. The minimum Gasteiger partial charge on any atom is -0.494 e. The largest absolute Gasteiger partial charge is 0.494 e. The van der Waals surface area contributed by atoms with E-state index in [2.05, 4.69) is 4.98 Å². The SMILES string of the molecule is COc1ccc(C)c2sc(N(Cc3cccnc3)C(=O)C3CCN(S(=O)(=O)c4ccc(F)cc4)CC3)nc12. The quantitative estimate of drug-likeness (QED) is 0.327. The number of sulfonamides is 1. The van der Waals surface area contributed by atoms with Crippen molar-refractivity contribution in [3.63, 3.8) is 0 Å². The molecule has 1 saturated heterocycles. The Morgan fingerprint density at radius 1 is 1.16 bits per heavy atom. The van der Waals surface area contributed by atoms with E-state index in [1.807, 2.05) is 31.2 Å². The molecule has 0 aliphatic carbocycles. The van der Waals surface area contributed by atoms with E-state index in [1.54, 1.807) is 24.4 Å². The lowest BCUT2D eigenvalue weighted by molar-refractivity contribution is -0.123. The second kappa shape index (κ2) is 10.8. The lowest BCUT2D eigenvalue weighted by Gasteiger charge is -2.33. The number of aryl methyl sites for hydroxylation is 1. The number of amides is 1. The predicted octanol–water partition coefficient (Wildman–Crippen LogP) is 4.78. The van der Waals surface area contributed by atoms with Crippen molar-refractivity contribution in [2.45, 2.75) is 31.2 Å². The Morgan fingerprint density at radius 2 is 1.89 bits per heavy atom. The fourth-order valence-corrected chi connectivity index (χ4v) is 7.14. The number of pyridine rings is 1. The van der Waals surface area contributed by atoms with Crippen LogP contribution in [0.2, 0.25) is 0 Å². The summed E-state index contributed by atoms with van der Waals surface area (Å²) in [6.07, 6.45) is 4.14. The van der Waals surface area contributed by atoms with Gasteiger partial charge in [-0.1, -0.05) is 23.5 Å². The zero-order valence-corrected chi connectivity index (χ0v) is 22.6. The first-order valence-corrected chi connectivity index (χ1v) is 14.4. The molecule has 0 N–H and O–H groups in total. The average Bonchev–Trinajstić information content (AvgIpc) is 3.39. The smallest absolute Gasteiger partial charge is 0.243 e. The van der Waals surface area contributed by atoms with Gasteiger partial charge >= 0.3 is 0 Å². The number of aromatic nitrogens is 2. The van der Waals surface area contributed by atoms with E-state index >= 15 is 0 Å². The van der Waals surface area contributed by atoms with Gasteiger partial charge in [0.1, 0.15) is 17.1 Å². The predicted molar refractivity (Wildman–Crippen MR) is 144 cm³/mol. The van der Waals surface area contributed by atoms with Crippen LogP contribution in [0.15, 0.2) is 65.8 Å². The van der Waals surface area contributed by atoms with E-state index in [-0.39, 0.29) is 29.8 Å². The maximum Gasteiger partial charge on any atom is 0.243 e. The number of halogens is 1. The molecule has 11 heteroatoms. The molecule has 8 nitrogen and oxygen atoms in total. The van der Waals surface area contributed by atoms with E-state index in [1.165, 1.54) is 27.8 Å². The zero-order chi connectivity index (χ0) is 26.9. The Morgan fingerprint density at radius 3 is 2.55 bits per heavy atom. The van der Waals surface area contributed by atoms with Gasteiger partial charge < -0.3 is 4.74 Å². The highest BCUT2D eigenvalue weighted by molar-refractivity contribution is 7.89. The highest BCUT2D eigenvalue weighted by atomic mass is 32.2. The van der Waals surface area contributed by atoms with E-state index in [4.69, 9.17) is 9.72 Å². The van der Waals surface area contributed by atoms with Crippen LogP contribution < -0.4 is 9.64 Å². The summed E-state index contributed by atoms with van der Waals surface area (Å²) >= 11 is 1.43. The normalized spacial score (nSPS) is 15.0. The molecular formula is C27H27FN4O4S2. The van der Waals surface area contributed by atoms with Crippen LogP contribution in [0.1, 0.15) is 24.0 Å². The monoisotopic (exact) mass is 554 g/mol. The molecule has 1 amide bonds. The number of hydrogen-bond donors (Lipinski definition) is 0. The Kier molecular flexibility index (Phi) is 7.42. The van der Waals surface area contributed by atoms with Crippen molar-refractivity contribution in [2.75, 3.05) is 25.1 Å². The van der Waals surface area contributed by atoms with E-state index in [9.17, 15) is 17.6 Å². The van der Waals surface area contributed by atoms with E-state index in [0.29, 0.717) is 35.8 Å². The van der Waals surface area contributed by atoms with Crippen molar-refractivity contribution in [3.05, 3.63) is 77.9 Å². The number of ether oxygens (including phenoxy) is 1. The second-order valence-electron chi connectivity index (χ2n) is 9.18. The third-order valence-corrected chi connectivity index (χ3v) is 9.85. The van der Waals surface area contributed by atoms with Gasteiger partial charge in [0, 0.05) is 31.4 Å². The molecule has 3 heterocycles. The Hall–Kier alpha value is -3.41. The van der Waals surface area contributed by atoms with Crippen molar-refractivity contribution in [1.29, 1.82) is 0 Å². The summed E-state index contributed by atoms with van der Waals surface area (Å²) < 4.78 is 47.2. The molecule has 1 fully saturated rings. The van der Waals surface area contributed by atoms with Crippen LogP contribution >= 0.6 is 11.3 Å². The van der Waals surface area contributed by atoms with Crippen molar-refractivity contribution in [1.82, 2.24) is 14.3 Å². The molecule has 4 aromatic rings. The summed E-state index contributed by atoms with van der Waals surface area (Å²) in [5.74, 6) is -0.337. The van der Waals surface area contributed by atoms with Crippen LogP contribution in [0.5, 0.6) is 5.75 Å². The van der Waals surface area contributed by atoms with Crippen LogP contribution in [0.4, 0.5) is 9.52 Å². The van der Waals surface area contributed by atoms with Gasteiger partial charge in [0.25, 0.3) is 0 Å². The molecule has 0 radical (unpaired) electrons. The van der Waals surface area contributed by atoms with Gasteiger partial charge in [-0.3, -0.25) is 14.7 Å². The minimum absolute atomic E-state index is 0.0423. The second-order valence-corrected chi connectivity index (χ2v) is 12.1. The number of carbonyl (C=O) groups excluding carboxylic acids is 1. The first kappa shape index (κ1) is 26.2. The molecule has 2 aromatic heterocycles. The molecule has 0 saturated carbocycles. The van der Waals surface area contributed by atoms with Crippen molar-refractivity contribution in [3.8, 4) is 5.75 Å². The number of anilines is 1. The zero-order valence-electron chi connectivity index (χ0n) is 21.0. The van der Waals surface area contributed by atoms with Gasteiger partial charge in [0.2, 0.25) is 15.9 Å². The third-order valence-electron chi connectivity index (χ3n) is 6.73. The molecule has 0 spiro atoms. The molecule has 1 aliphatic rings. The third kappa shape index (κ3) is 5.13. The molecule has 0 bridgehead atoms. The topological polar surface area (TPSA) is 92.7 Å². The lowest BCUT2D eigenvalue weighted by atomic mass is 9.96. The first-order chi connectivity index (χ1) is 18.3. The van der Waals surface area contributed by atoms with Gasteiger partial charge in [0.05, 0.1) is 23.2 Å². The minimum atomic E-state index is -3.77. The van der Waals surface area contributed by atoms with Gasteiger partial charge in [-0.25, -0.2) is 17.8 Å². The highest BCUT2D eigenvalue weighted by Gasteiger charge is 2.35. The number of carbonyl (C=O) groups is 1. The number of methoxy groups -OCH3 is 1. The van der Waals surface area contributed by atoms with Crippen LogP contribution in [-0.2, 0) is 21.4 Å². The average molecular weight is 555 g/mol. The fourth-order valence-electron chi connectivity index (χ4n) is 4.61. The number of hydrogen-bond acceptors (Lipinski definition) is 7. The standard InChI is InChI=1S/C27H27FN4O4S2/c1-18-5-10-23(36-2)24-25(18)37-27(30-24)32(17-19-4-3-13-29-16-19)26(33)20-11-14-31(15-12-20)38(34,35)22-8-6-21(28)7-9-22/h3-10,13,16,20H,11-12,14-15,17H2,1-2H3. The number of benzene rings is 2. The summed E-state index contributed by atoms with van der Waals surface area (Å²) in [5, 5.41) is 0.558. The van der Waals surface area contributed by atoms with Crippen LogP contribution in [0, 0.1) is 18.7 Å². The Bertz CT molecular complexity index is 1550. The molecular weight excluding hydrogens is 527 g/mol. The molecule has 0 atom stereocenters. The molecule has 2 aromatic carbocycles.